The smallest absolute Gasteiger partial charge is 0.175 e. The number of hydrogen-bond donors (Lipinski definition) is 0. The monoisotopic (exact) mass is 872 g/mol. The Hall–Kier alpha value is -8.91. The predicted molar refractivity (Wildman–Crippen MR) is 290 cm³/mol. The summed E-state index contributed by atoms with van der Waals surface area (Å²) in [5.74, 6) is -0.163. The Kier molecular flexibility index (Phi) is 8.06. The van der Waals surface area contributed by atoms with E-state index in [1.54, 1.807) is 0 Å². The van der Waals surface area contributed by atoms with Crippen LogP contribution >= 0.6 is 0 Å². The molecule has 0 N–H and O–H groups in total. The maximum atomic E-state index is 14.6. The molecule has 0 heterocycles. The number of ketones is 1. The van der Waals surface area contributed by atoms with E-state index in [-0.39, 0.29) is 11.7 Å². The van der Waals surface area contributed by atoms with E-state index < -0.39 is 0 Å². The third-order valence-electron chi connectivity index (χ3n) is 15.4. The Morgan fingerprint density at radius 1 is 0.217 bits per heavy atom. The van der Waals surface area contributed by atoms with Crippen molar-refractivity contribution < 1.29 is 4.79 Å². The third-order valence-corrected chi connectivity index (χ3v) is 15.4. The summed E-state index contributed by atoms with van der Waals surface area (Å²) in [7, 11) is 0. The summed E-state index contributed by atoms with van der Waals surface area (Å²) in [5.41, 5.74) is 16.7. The van der Waals surface area contributed by atoms with Crippen LogP contribution in [0.2, 0.25) is 0 Å². The predicted octanol–water partition coefficient (Wildman–Crippen LogP) is 18.2. The minimum absolute atomic E-state index is 0.177. The molecule has 0 amide bonds. The summed E-state index contributed by atoms with van der Waals surface area (Å²) in [6.45, 7) is 0. The molecule has 2 aliphatic rings. The zero-order valence-corrected chi connectivity index (χ0v) is 37.5. The second-order valence-electron chi connectivity index (χ2n) is 19.0. The van der Waals surface area contributed by atoms with Crippen LogP contribution in [0.25, 0.3) is 131 Å². The maximum Gasteiger partial charge on any atom is 0.175 e. The van der Waals surface area contributed by atoms with Crippen LogP contribution in [-0.2, 0) is 0 Å². The summed E-state index contributed by atoms with van der Waals surface area (Å²) in [4.78, 5) is 14.6. The molecule has 13 aromatic rings. The van der Waals surface area contributed by atoms with Gasteiger partial charge in [-0.3, -0.25) is 4.79 Å². The molecule has 0 aliphatic heterocycles. The quantitative estimate of drug-likeness (QED) is 0.161. The van der Waals surface area contributed by atoms with Crippen molar-refractivity contribution in [3.63, 3.8) is 0 Å². The first-order valence-corrected chi connectivity index (χ1v) is 24.0. The Balaban J connectivity index is 0.860. The minimum atomic E-state index is -0.340. The van der Waals surface area contributed by atoms with Crippen LogP contribution in [0.15, 0.2) is 237 Å². The molecule has 0 spiro atoms. The normalized spacial score (nSPS) is 13.7. The highest BCUT2D eigenvalue weighted by atomic mass is 16.1. The average Bonchev–Trinajstić information content (AvgIpc) is 3.76. The molecule has 0 saturated carbocycles. The van der Waals surface area contributed by atoms with Crippen molar-refractivity contribution in [2.75, 3.05) is 0 Å². The summed E-state index contributed by atoms with van der Waals surface area (Å²) < 4.78 is 0. The Bertz CT molecular complexity index is 4330. The molecule has 1 unspecified atom stereocenters. The van der Waals surface area contributed by atoms with Gasteiger partial charge in [0.2, 0.25) is 0 Å². The molecule has 13 aromatic carbocycles. The molecule has 0 fully saturated rings. The van der Waals surface area contributed by atoms with Crippen molar-refractivity contribution in [1.82, 2.24) is 0 Å². The highest BCUT2D eigenvalue weighted by Gasteiger charge is 2.41. The Labute approximate surface area is 399 Å². The molecule has 15 rings (SSSR count). The Morgan fingerprint density at radius 2 is 0.551 bits per heavy atom. The second-order valence-corrected chi connectivity index (χ2v) is 19.0. The largest absolute Gasteiger partial charge is 0.293 e. The van der Waals surface area contributed by atoms with E-state index in [9.17, 15) is 4.79 Å². The van der Waals surface area contributed by atoms with Crippen molar-refractivity contribution in [2.45, 2.75) is 5.92 Å². The van der Waals surface area contributed by atoms with Crippen LogP contribution in [0.4, 0.5) is 0 Å². The van der Waals surface area contributed by atoms with Crippen molar-refractivity contribution in [3.8, 4) is 66.8 Å². The van der Waals surface area contributed by atoms with E-state index in [2.05, 4.69) is 224 Å². The van der Waals surface area contributed by atoms with Gasteiger partial charge >= 0.3 is 0 Å². The molecule has 69 heavy (non-hydrogen) atoms. The topological polar surface area (TPSA) is 17.1 Å². The van der Waals surface area contributed by atoms with Gasteiger partial charge in [-0.05, 0) is 185 Å². The number of rotatable bonds is 4. The van der Waals surface area contributed by atoms with Gasteiger partial charge in [0.25, 0.3) is 0 Å². The van der Waals surface area contributed by atoms with Crippen LogP contribution in [0, 0.1) is 0 Å². The number of Topliss-reactive ketones (excluding diaryl/α,β-unsaturated/α-hetero) is 1. The molecule has 2 aliphatic carbocycles. The van der Waals surface area contributed by atoms with Gasteiger partial charge < -0.3 is 0 Å². The van der Waals surface area contributed by atoms with Gasteiger partial charge in [0.1, 0.15) is 0 Å². The number of benzene rings is 13. The van der Waals surface area contributed by atoms with E-state index in [1.807, 2.05) is 12.1 Å². The molecule has 0 aromatic heterocycles. The fraction of sp³-hybridized carbons (Fsp3) is 0.0147. The zero-order chi connectivity index (χ0) is 45.3. The van der Waals surface area contributed by atoms with Crippen LogP contribution in [-0.4, -0.2) is 5.78 Å². The van der Waals surface area contributed by atoms with Gasteiger partial charge in [-0.1, -0.05) is 194 Å². The standard InChI is InChI=1S/C68H40O/c69-68-60-26-10-9-25-56(60)64-38-47(43-16-12-15-42(34-43)45-28-31-58-53-22-4-2-18-49(53)51-20-6-8-24-55(51)62(58)36-45)39-65-63-37-46(29-32-59(63)67(68)66(64)65)41-14-11-13-40(33-41)44-27-30-57-52-21-3-1-17-48(52)50-19-5-7-23-54(50)61(57)35-44/h1-39,67H. The van der Waals surface area contributed by atoms with Crippen LogP contribution < -0.4 is 0 Å². The number of carbonyl (C=O) groups is 1. The van der Waals surface area contributed by atoms with Gasteiger partial charge in [0, 0.05) is 5.56 Å². The van der Waals surface area contributed by atoms with Crippen molar-refractivity contribution in [1.29, 1.82) is 0 Å². The first-order valence-electron chi connectivity index (χ1n) is 24.0. The SMILES string of the molecule is O=C1c2ccccc2-c2cc(-c3cccc(-c4ccc5c6ccccc6c6ccccc6c5c4)c3)cc3c2C1c1ccc(-c2cccc(-c4ccc5c6ccccc6c6ccccc6c5c4)c2)cc1-3. The van der Waals surface area contributed by atoms with Gasteiger partial charge in [0.05, 0.1) is 5.92 Å². The zero-order valence-electron chi connectivity index (χ0n) is 37.5. The summed E-state index contributed by atoms with van der Waals surface area (Å²) in [5, 5.41) is 15.3. The van der Waals surface area contributed by atoms with Gasteiger partial charge in [-0.25, -0.2) is 0 Å². The van der Waals surface area contributed by atoms with Crippen LogP contribution in [0.3, 0.4) is 0 Å². The third kappa shape index (κ3) is 5.62. The molecule has 0 bridgehead atoms. The fourth-order valence-corrected chi connectivity index (χ4v) is 12.2. The molecule has 1 nitrogen and oxygen atoms in total. The lowest BCUT2D eigenvalue weighted by Gasteiger charge is -2.25. The number of fused-ring (bicyclic) bond motifs is 17. The highest BCUT2D eigenvalue weighted by molar-refractivity contribution is 6.27. The van der Waals surface area contributed by atoms with E-state index >= 15 is 0 Å². The number of carbonyl (C=O) groups excluding carboxylic acids is 1. The van der Waals surface area contributed by atoms with Gasteiger partial charge in [-0.15, -0.1) is 0 Å². The summed E-state index contributed by atoms with van der Waals surface area (Å²) in [6.07, 6.45) is 0. The molecule has 318 valence electrons. The van der Waals surface area contributed by atoms with E-state index in [4.69, 9.17) is 0 Å². The van der Waals surface area contributed by atoms with E-state index in [0.717, 1.165) is 61.2 Å². The molecule has 1 heteroatoms. The first kappa shape index (κ1) is 38.2. The maximum absolute atomic E-state index is 14.6. The van der Waals surface area contributed by atoms with Gasteiger partial charge in [0.15, 0.2) is 5.78 Å². The Morgan fingerprint density at radius 3 is 1.03 bits per heavy atom. The second kappa shape index (κ2) is 14.5. The summed E-state index contributed by atoms with van der Waals surface area (Å²) in [6, 6.07) is 86.5. The van der Waals surface area contributed by atoms with Gasteiger partial charge in [-0.2, -0.15) is 0 Å². The highest BCUT2D eigenvalue weighted by Crippen LogP contribution is 2.56. The van der Waals surface area contributed by atoms with E-state index in [1.165, 1.54) is 86.9 Å². The first-order chi connectivity index (χ1) is 34.1. The van der Waals surface area contributed by atoms with Crippen LogP contribution in [0.1, 0.15) is 27.4 Å². The van der Waals surface area contributed by atoms with Crippen molar-refractivity contribution in [3.05, 3.63) is 253 Å². The molecule has 0 radical (unpaired) electrons. The lowest BCUT2D eigenvalue weighted by molar-refractivity contribution is 0.0974. The van der Waals surface area contributed by atoms with E-state index in [0.29, 0.717) is 0 Å². The van der Waals surface area contributed by atoms with Crippen molar-refractivity contribution in [2.24, 2.45) is 0 Å². The van der Waals surface area contributed by atoms with Crippen LogP contribution in [0.5, 0.6) is 0 Å². The lowest BCUT2D eigenvalue weighted by Crippen LogP contribution is -2.18. The molecule has 0 saturated heterocycles. The number of hydrogen-bond acceptors (Lipinski definition) is 1. The lowest BCUT2D eigenvalue weighted by atomic mass is 9.76. The average molecular weight is 873 g/mol. The molecular formula is C68H40O. The minimum Gasteiger partial charge on any atom is -0.293 e. The fourth-order valence-electron chi connectivity index (χ4n) is 12.2. The summed E-state index contributed by atoms with van der Waals surface area (Å²) >= 11 is 0. The molecule has 1 atom stereocenters. The molecular weight excluding hydrogens is 833 g/mol. The van der Waals surface area contributed by atoms with Crippen molar-refractivity contribution >= 4 is 70.4 Å².